The van der Waals surface area contributed by atoms with Gasteiger partial charge in [-0.3, -0.25) is 9.69 Å². The third-order valence-corrected chi connectivity index (χ3v) is 5.92. The van der Waals surface area contributed by atoms with Crippen LogP contribution < -0.4 is 4.90 Å². The van der Waals surface area contributed by atoms with Gasteiger partial charge in [-0.15, -0.1) is 11.3 Å². The molecular formula is C26H17F2N3O2S. The van der Waals surface area contributed by atoms with Crippen LogP contribution in [0.2, 0.25) is 0 Å². The summed E-state index contributed by atoms with van der Waals surface area (Å²) in [6, 6.07) is 18.9. The van der Waals surface area contributed by atoms with E-state index in [1.54, 1.807) is 17.5 Å². The molecule has 0 radical (unpaired) electrons. The average Bonchev–Trinajstić information content (AvgIpc) is 3.46. The van der Waals surface area contributed by atoms with Crippen LogP contribution in [0.1, 0.15) is 18.5 Å². The Balaban J connectivity index is 1.40. The van der Waals surface area contributed by atoms with E-state index in [4.69, 9.17) is 4.42 Å². The fraction of sp³-hybridized carbons (Fsp3) is 0.0385. The lowest BCUT2D eigenvalue weighted by atomic mass is 10.1. The first-order valence-corrected chi connectivity index (χ1v) is 11.2. The van der Waals surface area contributed by atoms with Crippen LogP contribution in [0, 0.1) is 11.6 Å². The number of rotatable bonds is 5. The molecule has 2 heterocycles. The Morgan fingerprint density at radius 3 is 2.56 bits per heavy atom. The molecule has 0 aliphatic rings. The molecule has 0 spiro atoms. The lowest BCUT2D eigenvalue weighted by molar-refractivity contribution is -0.115. The molecular weight excluding hydrogens is 456 g/mol. The Morgan fingerprint density at radius 1 is 0.971 bits per heavy atom. The van der Waals surface area contributed by atoms with E-state index in [0.29, 0.717) is 17.2 Å². The van der Waals surface area contributed by atoms with Gasteiger partial charge in [-0.25, -0.2) is 18.7 Å². The van der Waals surface area contributed by atoms with Crippen molar-refractivity contribution >= 4 is 51.3 Å². The summed E-state index contributed by atoms with van der Waals surface area (Å²) < 4.78 is 33.4. The molecule has 0 aliphatic heterocycles. The third-order valence-electron chi connectivity index (χ3n) is 5.07. The van der Waals surface area contributed by atoms with Gasteiger partial charge in [0.15, 0.2) is 10.7 Å². The van der Waals surface area contributed by atoms with Crippen LogP contribution in [0.3, 0.4) is 0 Å². The monoisotopic (exact) mass is 473 g/mol. The van der Waals surface area contributed by atoms with E-state index in [9.17, 15) is 13.6 Å². The molecule has 8 heteroatoms. The van der Waals surface area contributed by atoms with Crippen LogP contribution >= 0.6 is 11.3 Å². The molecule has 5 nitrogen and oxygen atoms in total. The molecule has 5 rings (SSSR count). The van der Waals surface area contributed by atoms with Gasteiger partial charge in [0.25, 0.3) is 0 Å². The highest BCUT2D eigenvalue weighted by atomic mass is 32.1. The highest BCUT2D eigenvalue weighted by Gasteiger charge is 2.21. The van der Waals surface area contributed by atoms with E-state index in [0.717, 1.165) is 45.0 Å². The van der Waals surface area contributed by atoms with E-state index < -0.39 is 17.5 Å². The number of oxazole rings is 1. The van der Waals surface area contributed by atoms with E-state index >= 15 is 0 Å². The highest BCUT2D eigenvalue weighted by molar-refractivity contribution is 7.14. The van der Waals surface area contributed by atoms with Gasteiger partial charge in [0.2, 0.25) is 11.8 Å². The van der Waals surface area contributed by atoms with Gasteiger partial charge in [0.05, 0.1) is 11.4 Å². The molecule has 0 N–H and O–H groups in total. The predicted molar refractivity (Wildman–Crippen MR) is 130 cm³/mol. The van der Waals surface area contributed by atoms with Crippen LogP contribution in [-0.2, 0) is 4.79 Å². The molecule has 34 heavy (non-hydrogen) atoms. The molecule has 0 atom stereocenters. The van der Waals surface area contributed by atoms with Gasteiger partial charge in [-0.2, -0.15) is 0 Å². The van der Waals surface area contributed by atoms with Crippen molar-refractivity contribution in [3.63, 3.8) is 0 Å². The first-order chi connectivity index (χ1) is 16.5. The van der Waals surface area contributed by atoms with Gasteiger partial charge in [-0.1, -0.05) is 36.4 Å². The van der Waals surface area contributed by atoms with E-state index in [-0.39, 0.29) is 10.8 Å². The minimum Gasteiger partial charge on any atom is -0.437 e. The molecule has 5 aromatic rings. The minimum absolute atomic E-state index is 0.0630. The second-order valence-electron chi connectivity index (χ2n) is 7.44. The summed E-state index contributed by atoms with van der Waals surface area (Å²) >= 11 is 1.16. The van der Waals surface area contributed by atoms with Gasteiger partial charge in [-0.05, 0) is 41.5 Å². The van der Waals surface area contributed by atoms with Crippen molar-refractivity contribution in [2.45, 2.75) is 6.92 Å². The van der Waals surface area contributed by atoms with Crippen LogP contribution in [-0.4, -0.2) is 15.9 Å². The lowest BCUT2D eigenvalue weighted by Gasteiger charge is -2.18. The van der Waals surface area contributed by atoms with Crippen LogP contribution in [0.5, 0.6) is 0 Å². The zero-order valence-electron chi connectivity index (χ0n) is 17.9. The third kappa shape index (κ3) is 4.35. The quantitative estimate of drug-likeness (QED) is 0.274. The van der Waals surface area contributed by atoms with Crippen LogP contribution in [0.25, 0.3) is 34.4 Å². The van der Waals surface area contributed by atoms with Crippen molar-refractivity contribution in [3.05, 3.63) is 95.3 Å². The van der Waals surface area contributed by atoms with Gasteiger partial charge in [0.1, 0.15) is 17.2 Å². The van der Waals surface area contributed by atoms with Crippen molar-refractivity contribution in [2.24, 2.45) is 0 Å². The summed E-state index contributed by atoms with van der Waals surface area (Å²) in [5.41, 5.74) is 4.00. The van der Waals surface area contributed by atoms with E-state index in [1.165, 1.54) is 13.0 Å². The zero-order chi connectivity index (χ0) is 23.7. The molecule has 2 aromatic heterocycles. The Hall–Kier alpha value is -4.17. The van der Waals surface area contributed by atoms with Crippen molar-refractivity contribution in [2.75, 3.05) is 4.90 Å². The van der Waals surface area contributed by atoms with Crippen LogP contribution in [0.4, 0.5) is 19.6 Å². The number of aromatic nitrogens is 2. The first-order valence-electron chi connectivity index (χ1n) is 10.3. The zero-order valence-corrected chi connectivity index (χ0v) is 18.7. The van der Waals surface area contributed by atoms with Gasteiger partial charge >= 0.3 is 0 Å². The first kappa shape index (κ1) is 21.7. The molecule has 0 fully saturated rings. The number of nitrogens with zero attached hydrogens (tertiary/aromatic N) is 3. The number of halogens is 2. The van der Waals surface area contributed by atoms with Gasteiger partial charge in [0, 0.05) is 24.4 Å². The second-order valence-corrected chi connectivity index (χ2v) is 8.28. The number of fused-ring (bicyclic) bond motifs is 1. The Kier molecular flexibility index (Phi) is 5.73. The SMILES string of the molecule is CC(=O)N(c1nc(/C=C/c2nc3cc(-c4ccccc4)ccc3o2)cs1)c1ccc(F)cc1F. The fourth-order valence-corrected chi connectivity index (χ4v) is 4.36. The smallest absolute Gasteiger partial charge is 0.230 e. The molecule has 0 aliphatic carbocycles. The van der Waals surface area contributed by atoms with E-state index in [2.05, 4.69) is 9.97 Å². The molecule has 0 saturated carbocycles. The summed E-state index contributed by atoms with van der Waals surface area (Å²) in [6.07, 6.45) is 3.37. The summed E-state index contributed by atoms with van der Waals surface area (Å²) in [4.78, 5) is 22.2. The number of carbonyl (C=O) groups excluding carboxylic acids is 1. The topological polar surface area (TPSA) is 59.2 Å². The number of thiazole rings is 1. The van der Waals surface area contributed by atoms with Crippen LogP contribution in [0.15, 0.2) is 76.5 Å². The largest absolute Gasteiger partial charge is 0.437 e. The van der Waals surface area contributed by atoms with Crippen molar-refractivity contribution < 1.29 is 18.0 Å². The maximum Gasteiger partial charge on any atom is 0.230 e. The van der Waals surface area contributed by atoms with Gasteiger partial charge < -0.3 is 4.42 Å². The molecule has 168 valence electrons. The molecule has 0 bridgehead atoms. The Labute approximate surface area is 197 Å². The summed E-state index contributed by atoms with van der Waals surface area (Å²) in [5, 5.41) is 1.99. The maximum absolute atomic E-state index is 14.3. The number of amides is 1. The fourth-order valence-electron chi connectivity index (χ4n) is 3.51. The number of hydrogen-bond acceptors (Lipinski definition) is 5. The molecule has 0 saturated heterocycles. The van der Waals surface area contributed by atoms with Crippen molar-refractivity contribution in [3.8, 4) is 11.1 Å². The molecule has 0 unspecified atom stereocenters. The highest BCUT2D eigenvalue weighted by Crippen LogP contribution is 2.32. The molecule has 3 aromatic carbocycles. The van der Waals surface area contributed by atoms with Crippen molar-refractivity contribution in [1.29, 1.82) is 0 Å². The lowest BCUT2D eigenvalue weighted by Crippen LogP contribution is -2.23. The average molecular weight is 474 g/mol. The van der Waals surface area contributed by atoms with Crippen molar-refractivity contribution in [1.82, 2.24) is 9.97 Å². The standard InChI is InChI=1S/C26H17F2N3O2S/c1-16(32)31(23-10-8-19(27)14-21(23)28)26-29-20(15-34-26)9-12-25-30-22-13-18(7-11-24(22)33-25)17-5-3-2-4-6-17/h2-15H,1H3/b12-9+. The Bertz CT molecular complexity index is 1530. The summed E-state index contributed by atoms with van der Waals surface area (Å²) in [5.74, 6) is -1.60. The maximum atomic E-state index is 14.3. The summed E-state index contributed by atoms with van der Waals surface area (Å²) in [7, 11) is 0. The summed E-state index contributed by atoms with van der Waals surface area (Å²) in [6.45, 7) is 1.29. The normalized spacial score (nSPS) is 11.4. The minimum atomic E-state index is -0.844. The number of carbonyl (C=O) groups is 1. The predicted octanol–water partition coefficient (Wildman–Crippen LogP) is 7.08. The Morgan fingerprint density at radius 2 is 1.79 bits per heavy atom. The number of anilines is 2. The number of benzene rings is 3. The second kappa shape index (κ2) is 8.99. The van der Waals surface area contributed by atoms with E-state index in [1.807, 2.05) is 48.5 Å². The molecule has 1 amide bonds. The number of hydrogen-bond donors (Lipinski definition) is 0.